The normalized spacial score (nSPS) is 15.6. The molecule has 2 aliphatic rings. The van der Waals surface area contributed by atoms with Crippen LogP contribution in [0.4, 0.5) is 5.69 Å². The summed E-state index contributed by atoms with van der Waals surface area (Å²) in [7, 11) is 0. The van der Waals surface area contributed by atoms with Gasteiger partial charge in [-0.05, 0) is 48.2 Å². The van der Waals surface area contributed by atoms with Crippen LogP contribution >= 0.6 is 0 Å². The summed E-state index contributed by atoms with van der Waals surface area (Å²) in [5, 5.41) is 3.01. The zero-order chi connectivity index (χ0) is 23.3. The molecule has 0 bridgehead atoms. The molecule has 1 N–H and O–H groups in total. The summed E-state index contributed by atoms with van der Waals surface area (Å²) in [6.07, 6.45) is 2.24. The van der Waals surface area contributed by atoms with Crippen molar-refractivity contribution in [1.82, 2.24) is 4.90 Å². The molecule has 1 saturated heterocycles. The maximum absolute atomic E-state index is 13.4. The highest BCUT2D eigenvalue weighted by atomic mass is 16.7. The number of likely N-dealkylation sites (tertiary alicyclic amines) is 1. The third-order valence-electron chi connectivity index (χ3n) is 5.98. The first-order chi connectivity index (χ1) is 16.7. The van der Waals surface area contributed by atoms with Crippen molar-refractivity contribution in [2.24, 2.45) is 0 Å². The van der Waals surface area contributed by atoms with Gasteiger partial charge in [-0.25, -0.2) is 0 Å². The molecule has 1 atom stereocenters. The van der Waals surface area contributed by atoms with E-state index in [1.165, 1.54) is 0 Å². The molecule has 2 amide bonds. The van der Waals surface area contributed by atoms with Gasteiger partial charge in [-0.1, -0.05) is 42.5 Å². The first kappa shape index (κ1) is 21.8. The highest BCUT2D eigenvalue weighted by Gasteiger charge is 2.32. The summed E-state index contributed by atoms with van der Waals surface area (Å²) in [5.74, 6) is 1.83. The van der Waals surface area contributed by atoms with Crippen molar-refractivity contribution in [3.63, 3.8) is 0 Å². The largest absolute Gasteiger partial charge is 0.489 e. The van der Waals surface area contributed by atoms with Gasteiger partial charge in [0.15, 0.2) is 11.5 Å². The topological polar surface area (TPSA) is 77.1 Å². The molecule has 5 rings (SSSR count). The second kappa shape index (κ2) is 9.87. The SMILES string of the molecule is O=C(Nc1cccc(COc2ccc3c(c2)OCO3)c1)C(c1ccccc1)N1CCCCC1=O. The van der Waals surface area contributed by atoms with Crippen molar-refractivity contribution in [3.05, 3.63) is 83.9 Å². The molecule has 1 unspecified atom stereocenters. The van der Waals surface area contributed by atoms with Crippen molar-refractivity contribution >= 4 is 17.5 Å². The lowest BCUT2D eigenvalue weighted by atomic mass is 10.0. The van der Waals surface area contributed by atoms with E-state index in [4.69, 9.17) is 14.2 Å². The number of piperidine rings is 1. The highest BCUT2D eigenvalue weighted by Crippen LogP contribution is 2.35. The van der Waals surface area contributed by atoms with Crippen molar-refractivity contribution in [2.45, 2.75) is 31.9 Å². The Balaban J connectivity index is 1.29. The number of hydrogen-bond acceptors (Lipinski definition) is 5. The van der Waals surface area contributed by atoms with Crippen molar-refractivity contribution in [2.75, 3.05) is 18.7 Å². The first-order valence-corrected chi connectivity index (χ1v) is 11.4. The van der Waals surface area contributed by atoms with E-state index in [2.05, 4.69) is 5.32 Å². The van der Waals surface area contributed by atoms with Gasteiger partial charge in [0.05, 0.1) is 0 Å². The van der Waals surface area contributed by atoms with Gasteiger partial charge < -0.3 is 24.4 Å². The molecular formula is C27H26N2O5. The number of ether oxygens (including phenoxy) is 3. The summed E-state index contributed by atoms with van der Waals surface area (Å²) in [6, 6.07) is 21.8. The zero-order valence-electron chi connectivity index (χ0n) is 18.7. The van der Waals surface area contributed by atoms with Crippen LogP contribution in [0.5, 0.6) is 17.2 Å². The lowest BCUT2D eigenvalue weighted by molar-refractivity contribution is -0.141. The average molecular weight is 459 g/mol. The van der Waals surface area contributed by atoms with Gasteiger partial charge in [0.2, 0.25) is 12.7 Å². The van der Waals surface area contributed by atoms with Crippen molar-refractivity contribution in [1.29, 1.82) is 0 Å². The molecule has 0 radical (unpaired) electrons. The number of nitrogens with zero attached hydrogens (tertiary/aromatic N) is 1. The maximum atomic E-state index is 13.4. The van der Waals surface area contributed by atoms with E-state index in [9.17, 15) is 9.59 Å². The van der Waals surface area contributed by atoms with E-state index in [0.717, 1.165) is 24.0 Å². The van der Waals surface area contributed by atoms with E-state index in [1.54, 1.807) is 11.0 Å². The number of rotatable bonds is 7. The van der Waals surface area contributed by atoms with Gasteiger partial charge in [-0.15, -0.1) is 0 Å². The molecule has 2 aliphatic heterocycles. The number of amides is 2. The monoisotopic (exact) mass is 458 g/mol. The molecule has 174 valence electrons. The fourth-order valence-corrected chi connectivity index (χ4v) is 4.29. The predicted octanol–water partition coefficient (Wildman–Crippen LogP) is 4.69. The average Bonchev–Trinajstić information content (AvgIpc) is 3.33. The number of carbonyl (C=O) groups excluding carboxylic acids is 2. The molecule has 2 heterocycles. The summed E-state index contributed by atoms with van der Waals surface area (Å²) in [5.41, 5.74) is 2.36. The third-order valence-corrected chi connectivity index (χ3v) is 5.98. The van der Waals surface area contributed by atoms with Crippen LogP contribution in [-0.4, -0.2) is 30.1 Å². The molecule has 1 fully saturated rings. The van der Waals surface area contributed by atoms with Gasteiger partial charge >= 0.3 is 0 Å². The summed E-state index contributed by atoms with van der Waals surface area (Å²) in [4.78, 5) is 27.7. The Hall–Kier alpha value is -4.00. The Labute approximate surface area is 198 Å². The molecule has 7 heteroatoms. The molecule has 0 aromatic heterocycles. The Morgan fingerprint density at radius 2 is 1.82 bits per heavy atom. The summed E-state index contributed by atoms with van der Waals surface area (Å²) < 4.78 is 16.6. The van der Waals surface area contributed by atoms with E-state index in [-0.39, 0.29) is 18.6 Å². The van der Waals surface area contributed by atoms with Gasteiger partial charge in [0, 0.05) is 24.7 Å². The number of fused-ring (bicyclic) bond motifs is 1. The van der Waals surface area contributed by atoms with Gasteiger partial charge in [-0.3, -0.25) is 9.59 Å². The van der Waals surface area contributed by atoms with Crippen LogP contribution in [0.3, 0.4) is 0 Å². The number of anilines is 1. The van der Waals surface area contributed by atoms with Crippen LogP contribution in [0.25, 0.3) is 0 Å². The second-order valence-electron chi connectivity index (χ2n) is 8.35. The Kier molecular flexibility index (Phi) is 6.33. The number of carbonyl (C=O) groups is 2. The van der Waals surface area contributed by atoms with E-state index in [1.807, 2.05) is 66.7 Å². The minimum atomic E-state index is -0.664. The maximum Gasteiger partial charge on any atom is 0.251 e. The number of benzene rings is 3. The molecule has 7 nitrogen and oxygen atoms in total. The van der Waals surface area contributed by atoms with Gasteiger partial charge in [0.25, 0.3) is 5.91 Å². The molecule has 3 aromatic rings. The van der Waals surface area contributed by atoms with Crippen LogP contribution in [0.2, 0.25) is 0 Å². The summed E-state index contributed by atoms with van der Waals surface area (Å²) in [6.45, 7) is 1.12. The fourth-order valence-electron chi connectivity index (χ4n) is 4.29. The highest BCUT2D eigenvalue weighted by molar-refractivity contribution is 5.98. The molecule has 0 aliphatic carbocycles. The van der Waals surface area contributed by atoms with E-state index < -0.39 is 6.04 Å². The lowest BCUT2D eigenvalue weighted by Gasteiger charge is -2.34. The van der Waals surface area contributed by atoms with Crippen molar-refractivity contribution in [3.8, 4) is 17.2 Å². The smallest absolute Gasteiger partial charge is 0.251 e. The Morgan fingerprint density at radius 1 is 0.971 bits per heavy atom. The zero-order valence-corrected chi connectivity index (χ0v) is 18.7. The van der Waals surface area contributed by atoms with Crippen LogP contribution in [0, 0.1) is 0 Å². The van der Waals surface area contributed by atoms with Crippen LogP contribution in [0.1, 0.15) is 36.4 Å². The Morgan fingerprint density at radius 3 is 2.68 bits per heavy atom. The lowest BCUT2D eigenvalue weighted by Crippen LogP contribution is -2.43. The molecule has 0 spiro atoms. The van der Waals surface area contributed by atoms with Crippen LogP contribution < -0.4 is 19.5 Å². The van der Waals surface area contributed by atoms with E-state index in [0.29, 0.717) is 42.5 Å². The van der Waals surface area contributed by atoms with E-state index >= 15 is 0 Å². The minimum absolute atomic E-state index is 0.0149. The van der Waals surface area contributed by atoms with Gasteiger partial charge in [-0.2, -0.15) is 0 Å². The minimum Gasteiger partial charge on any atom is -0.489 e. The molecular weight excluding hydrogens is 432 g/mol. The van der Waals surface area contributed by atoms with Gasteiger partial charge in [0.1, 0.15) is 18.4 Å². The van der Waals surface area contributed by atoms with Crippen LogP contribution in [0.15, 0.2) is 72.8 Å². The molecule has 34 heavy (non-hydrogen) atoms. The summed E-state index contributed by atoms with van der Waals surface area (Å²) >= 11 is 0. The quantitative estimate of drug-likeness (QED) is 0.556. The first-order valence-electron chi connectivity index (χ1n) is 11.4. The Bertz CT molecular complexity index is 1180. The third kappa shape index (κ3) is 4.83. The molecule has 0 saturated carbocycles. The molecule has 3 aromatic carbocycles. The van der Waals surface area contributed by atoms with Crippen molar-refractivity contribution < 1.29 is 23.8 Å². The van der Waals surface area contributed by atoms with Crippen LogP contribution in [-0.2, 0) is 16.2 Å². The number of nitrogens with one attached hydrogen (secondary N) is 1. The number of hydrogen-bond donors (Lipinski definition) is 1. The standard InChI is InChI=1S/C27H26N2O5/c30-25-11-4-5-14-29(25)26(20-8-2-1-3-9-20)27(31)28-21-10-6-7-19(15-21)17-32-22-12-13-23-24(16-22)34-18-33-23/h1-3,6-10,12-13,15-16,26H,4-5,11,14,17-18H2,(H,28,31). The predicted molar refractivity (Wildman–Crippen MR) is 127 cm³/mol. The second-order valence-corrected chi connectivity index (χ2v) is 8.35. The fraction of sp³-hybridized carbons (Fsp3) is 0.259.